The number of aromatic nitrogens is 1. The Hall–Kier alpha value is -4.18. The predicted octanol–water partition coefficient (Wildman–Crippen LogP) is 6.75. The van der Waals surface area contributed by atoms with Crippen LogP contribution in [0.3, 0.4) is 0 Å². The summed E-state index contributed by atoms with van der Waals surface area (Å²) in [5, 5.41) is 4.32. The molecule has 1 N–H and O–H groups in total. The molecule has 1 aromatic heterocycles. The lowest BCUT2D eigenvalue weighted by atomic mass is 9.87. The first kappa shape index (κ1) is 22.6. The lowest BCUT2D eigenvalue weighted by Gasteiger charge is -2.22. The fraction of sp³-hybridized carbons (Fsp3) is 0.129. The molecule has 1 amide bonds. The molecule has 0 fully saturated rings. The number of carbonyl (C=O) groups excluding carboxylic acids is 1. The fourth-order valence-corrected chi connectivity index (χ4v) is 4.84. The van der Waals surface area contributed by atoms with E-state index < -0.39 is 0 Å². The van der Waals surface area contributed by atoms with Crippen molar-refractivity contribution in [2.75, 3.05) is 0 Å². The first-order valence-corrected chi connectivity index (χ1v) is 11.8. The second kappa shape index (κ2) is 9.98. The van der Waals surface area contributed by atoms with Gasteiger partial charge in [0.05, 0.1) is 6.04 Å². The highest BCUT2D eigenvalue weighted by atomic mass is 19.1. The van der Waals surface area contributed by atoms with E-state index in [9.17, 15) is 9.18 Å². The van der Waals surface area contributed by atoms with Crippen molar-refractivity contribution >= 4 is 16.8 Å². The third-order valence-corrected chi connectivity index (χ3v) is 6.51. The summed E-state index contributed by atoms with van der Waals surface area (Å²) < 4.78 is 16.3. The van der Waals surface area contributed by atoms with Crippen molar-refractivity contribution in [1.29, 1.82) is 0 Å². The topological polar surface area (TPSA) is 34.0 Å². The van der Waals surface area contributed by atoms with E-state index in [1.807, 2.05) is 85.9 Å². The van der Waals surface area contributed by atoms with E-state index in [4.69, 9.17) is 0 Å². The van der Waals surface area contributed by atoms with Gasteiger partial charge in [0, 0.05) is 36.5 Å². The zero-order valence-corrected chi connectivity index (χ0v) is 19.6. The van der Waals surface area contributed by atoms with Gasteiger partial charge in [0.25, 0.3) is 0 Å². The van der Waals surface area contributed by atoms with Crippen molar-refractivity contribution in [3.05, 3.63) is 143 Å². The Bertz CT molecular complexity index is 1400. The number of benzene rings is 4. The molecule has 1 atom stereocenters. The number of hydrogen-bond acceptors (Lipinski definition) is 1. The zero-order chi connectivity index (χ0) is 24.2. The summed E-state index contributed by atoms with van der Waals surface area (Å²) in [4.78, 5) is 13.6. The van der Waals surface area contributed by atoms with Crippen molar-refractivity contribution in [2.45, 2.75) is 18.4 Å². The number of nitrogens with one attached hydrogen (secondary N) is 1. The minimum Gasteiger partial charge on any atom is -0.350 e. The van der Waals surface area contributed by atoms with Crippen LogP contribution in [0.15, 0.2) is 115 Å². The normalized spacial score (nSPS) is 12.1. The largest absolute Gasteiger partial charge is 0.350 e. The van der Waals surface area contributed by atoms with Crippen molar-refractivity contribution < 1.29 is 9.18 Å². The minimum atomic E-state index is -0.306. The molecule has 3 nitrogen and oxygen atoms in total. The SMILES string of the molecule is Cn1cc(C(CC(=O)NC(c2ccccc2)c2ccccc2)c2cccc(F)c2)c2ccccc21. The Morgan fingerprint density at radius 3 is 2.06 bits per heavy atom. The average molecular weight is 463 g/mol. The van der Waals surface area contributed by atoms with Gasteiger partial charge in [0.15, 0.2) is 0 Å². The van der Waals surface area contributed by atoms with Crippen LogP contribution in [0.2, 0.25) is 0 Å². The summed E-state index contributed by atoms with van der Waals surface area (Å²) in [6, 6.07) is 34.3. The van der Waals surface area contributed by atoms with Crippen molar-refractivity contribution in [3.8, 4) is 0 Å². The molecule has 5 rings (SSSR count). The molecule has 0 spiro atoms. The molecule has 0 bridgehead atoms. The van der Waals surface area contributed by atoms with E-state index in [1.165, 1.54) is 12.1 Å². The molecule has 1 heterocycles. The van der Waals surface area contributed by atoms with Gasteiger partial charge in [-0.05, 0) is 40.5 Å². The molecular formula is C31H27FN2O. The molecule has 174 valence electrons. The van der Waals surface area contributed by atoms with E-state index in [0.717, 1.165) is 33.2 Å². The lowest BCUT2D eigenvalue weighted by molar-refractivity contribution is -0.121. The number of rotatable bonds is 7. The van der Waals surface area contributed by atoms with Gasteiger partial charge in [-0.25, -0.2) is 4.39 Å². The Balaban J connectivity index is 1.51. The molecule has 1 unspecified atom stereocenters. The van der Waals surface area contributed by atoms with Gasteiger partial charge in [-0.15, -0.1) is 0 Å². The van der Waals surface area contributed by atoms with Gasteiger partial charge in [-0.3, -0.25) is 4.79 Å². The van der Waals surface area contributed by atoms with Gasteiger partial charge in [-0.2, -0.15) is 0 Å². The monoisotopic (exact) mass is 462 g/mol. The highest BCUT2D eigenvalue weighted by Gasteiger charge is 2.25. The predicted molar refractivity (Wildman–Crippen MR) is 139 cm³/mol. The number of fused-ring (bicyclic) bond motifs is 1. The minimum absolute atomic E-state index is 0.0927. The first-order chi connectivity index (χ1) is 17.1. The molecule has 0 radical (unpaired) electrons. The van der Waals surface area contributed by atoms with Crippen LogP contribution in [0.25, 0.3) is 10.9 Å². The van der Waals surface area contributed by atoms with E-state index >= 15 is 0 Å². The molecule has 0 saturated heterocycles. The Labute approximate surface area is 204 Å². The van der Waals surface area contributed by atoms with Crippen LogP contribution in [0, 0.1) is 5.82 Å². The molecular weight excluding hydrogens is 435 g/mol. The number of amides is 1. The maximum atomic E-state index is 14.2. The van der Waals surface area contributed by atoms with Crippen molar-refractivity contribution in [1.82, 2.24) is 9.88 Å². The molecule has 0 aliphatic heterocycles. The van der Waals surface area contributed by atoms with E-state index in [2.05, 4.69) is 28.2 Å². The smallest absolute Gasteiger partial charge is 0.221 e. The second-order valence-corrected chi connectivity index (χ2v) is 8.85. The number of aryl methyl sites for hydroxylation is 1. The van der Waals surface area contributed by atoms with Crippen LogP contribution in [-0.4, -0.2) is 10.5 Å². The van der Waals surface area contributed by atoms with Gasteiger partial charge in [-0.1, -0.05) is 91.0 Å². The van der Waals surface area contributed by atoms with Crippen molar-refractivity contribution in [2.24, 2.45) is 7.05 Å². The van der Waals surface area contributed by atoms with Crippen LogP contribution in [-0.2, 0) is 11.8 Å². The number of para-hydroxylation sites is 1. The maximum absolute atomic E-state index is 14.2. The molecule has 35 heavy (non-hydrogen) atoms. The molecule has 4 aromatic carbocycles. The van der Waals surface area contributed by atoms with Gasteiger partial charge in [0.1, 0.15) is 5.82 Å². The molecule has 4 heteroatoms. The second-order valence-electron chi connectivity index (χ2n) is 8.85. The third kappa shape index (κ3) is 4.87. The zero-order valence-electron chi connectivity index (χ0n) is 19.6. The quantitative estimate of drug-likeness (QED) is 0.285. The van der Waals surface area contributed by atoms with Crippen LogP contribution in [0.1, 0.15) is 40.6 Å². The van der Waals surface area contributed by atoms with Crippen LogP contribution < -0.4 is 5.32 Å². The number of carbonyl (C=O) groups is 1. The maximum Gasteiger partial charge on any atom is 0.221 e. The Morgan fingerprint density at radius 2 is 1.40 bits per heavy atom. The van der Waals surface area contributed by atoms with Crippen LogP contribution in [0.5, 0.6) is 0 Å². The van der Waals surface area contributed by atoms with Crippen LogP contribution >= 0.6 is 0 Å². The summed E-state index contributed by atoms with van der Waals surface area (Å²) in [6.07, 6.45) is 2.26. The van der Waals surface area contributed by atoms with Gasteiger partial charge >= 0.3 is 0 Å². The third-order valence-electron chi connectivity index (χ3n) is 6.51. The van der Waals surface area contributed by atoms with E-state index in [-0.39, 0.29) is 30.1 Å². The van der Waals surface area contributed by atoms with Crippen LogP contribution in [0.4, 0.5) is 4.39 Å². The standard InChI is InChI=1S/C31H27FN2O/c1-34-21-28(26-17-8-9-18-29(26)34)27(24-15-10-16-25(32)19-24)20-30(35)33-31(22-11-4-2-5-12-22)23-13-6-3-7-14-23/h2-19,21,27,31H,20H2,1H3,(H,33,35). The first-order valence-electron chi connectivity index (χ1n) is 11.8. The number of halogens is 1. The number of hydrogen-bond donors (Lipinski definition) is 1. The summed E-state index contributed by atoms with van der Waals surface area (Å²) in [7, 11) is 2.00. The Kier molecular flexibility index (Phi) is 6.44. The summed E-state index contributed by atoms with van der Waals surface area (Å²) in [6.45, 7) is 0. The summed E-state index contributed by atoms with van der Waals surface area (Å²) in [5.41, 5.74) is 4.90. The molecule has 0 aliphatic carbocycles. The summed E-state index contributed by atoms with van der Waals surface area (Å²) >= 11 is 0. The van der Waals surface area contributed by atoms with Gasteiger partial charge < -0.3 is 9.88 Å². The number of nitrogens with zero attached hydrogens (tertiary/aromatic N) is 1. The van der Waals surface area contributed by atoms with Crippen molar-refractivity contribution in [3.63, 3.8) is 0 Å². The Morgan fingerprint density at radius 1 is 0.800 bits per heavy atom. The molecule has 0 aliphatic rings. The fourth-order valence-electron chi connectivity index (χ4n) is 4.84. The highest BCUT2D eigenvalue weighted by molar-refractivity contribution is 5.86. The van der Waals surface area contributed by atoms with E-state index in [0.29, 0.717) is 0 Å². The van der Waals surface area contributed by atoms with Gasteiger partial charge in [0.2, 0.25) is 5.91 Å². The molecule has 5 aromatic rings. The lowest BCUT2D eigenvalue weighted by Crippen LogP contribution is -2.30. The summed E-state index contributed by atoms with van der Waals surface area (Å²) in [5.74, 6) is -0.687. The highest BCUT2D eigenvalue weighted by Crippen LogP contribution is 2.35. The van der Waals surface area contributed by atoms with E-state index in [1.54, 1.807) is 6.07 Å². The average Bonchev–Trinajstić information content (AvgIpc) is 3.23. The molecule has 0 saturated carbocycles.